The lowest BCUT2D eigenvalue weighted by Crippen LogP contribution is -2.55. The summed E-state index contributed by atoms with van der Waals surface area (Å²) in [6.07, 6.45) is 6.37. The van der Waals surface area contributed by atoms with Crippen LogP contribution in [0.2, 0.25) is 0 Å². The maximum atomic E-state index is 13.4. The molecule has 0 aromatic carbocycles. The summed E-state index contributed by atoms with van der Waals surface area (Å²) in [6.45, 7) is 5.94. The van der Waals surface area contributed by atoms with Crippen molar-refractivity contribution in [3.63, 3.8) is 0 Å². The Balaban J connectivity index is 1.64. The Hall–Kier alpha value is -1.05. The fourth-order valence-corrected chi connectivity index (χ4v) is 7.89. The molecular weight excluding hydrogens is 380 g/mol. The van der Waals surface area contributed by atoms with Gasteiger partial charge in [-0.2, -0.15) is 8.42 Å². The fourth-order valence-electron chi connectivity index (χ4n) is 7.38. The highest BCUT2D eigenvalue weighted by molar-refractivity contribution is 7.80. The van der Waals surface area contributed by atoms with Crippen LogP contribution in [0.1, 0.15) is 65.7 Å². The van der Waals surface area contributed by atoms with E-state index < -0.39 is 16.5 Å². The van der Waals surface area contributed by atoms with Gasteiger partial charge in [0.2, 0.25) is 0 Å². The van der Waals surface area contributed by atoms with Crippen LogP contribution >= 0.6 is 0 Å². The average molecular weight is 411 g/mol. The number of ketones is 2. The highest BCUT2D eigenvalue weighted by Crippen LogP contribution is 2.65. The molecule has 0 saturated heterocycles. The minimum absolute atomic E-state index is 0.0144. The maximum Gasteiger partial charge on any atom is 0.397 e. The number of rotatable bonds is 3. The predicted molar refractivity (Wildman–Crippen MR) is 103 cm³/mol. The Bertz CT molecular complexity index is 845. The largest absolute Gasteiger partial charge is 0.397 e. The van der Waals surface area contributed by atoms with Crippen molar-refractivity contribution in [2.24, 2.45) is 34.5 Å². The molecule has 0 heterocycles. The molecule has 7 heteroatoms. The summed E-state index contributed by atoms with van der Waals surface area (Å²) >= 11 is 0. The number of fused-ring (bicyclic) bond motifs is 5. The van der Waals surface area contributed by atoms with Crippen molar-refractivity contribution in [1.29, 1.82) is 0 Å². The van der Waals surface area contributed by atoms with Crippen LogP contribution in [0.3, 0.4) is 0 Å². The first-order chi connectivity index (χ1) is 13.0. The lowest BCUT2D eigenvalue weighted by atomic mass is 9.47. The zero-order chi connectivity index (χ0) is 20.5. The first kappa shape index (κ1) is 20.2. The zero-order valence-corrected chi connectivity index (χ0v) is 17.6. The van der Waals surface area contributed by atoms with Crippen molar-refractivity contribution in [2.75, 3.05) is 0 Å². The van der Waals surface area contributed by atoms with Crippen LogP contribution in [0.5, 0.6) is 0 Å². The Morgan fingerprint density at radius 1 is 1.25 bits per heavy atom. The van der Waals surface area contributed by atoms with E-state index in [9.17, 15) is 18.0 Å². The molecule has 6 nitrogen and oxygen atoms in total. The summed E-state index contributed by atoms with van der Waals surface area (Å²) < 4.78 is 36.0. The third-order valence-corrected chi connectivity index (χ3v) is 9.01. The first-order valence-corrected chi connectivity index (χ1v) is 11.7. The number of allylic oxidation sites excluding steroid dienone is 1. The predicted octanol–water partition coefficient (Wildman–Crippen LogP) is 3.52. The van der Waals surface area contributed by atoms with Gasteiger partial charge in [-0.1, -0.05) is 25.5 Å². The van der Waals surface area contributed by atoms with Crippen molar-refractivity contribution in [3.05, 3.63) is 11.6 Å². The van der Waals surface area contributed by atoms with Crippen molar-refractivity contribution in [3.8, 4) is 0 Å². The molecule has 28 heavy (non-hydrogen) atoms. The minimum Gasteiger partial charge on any atom is -0.300 e. The second kappa shape index (κ2) is 6.47. The van der Waals surface area contributed by atoms with Gasteiger partial charge in [-0.3, -0.25) is 14.1 Å². The third-order valence-electron chi connectivity index (χ3n) is 8.49. The normalized spacial score (nSPS) is 45.6. The maximum absolute atomic E-state index is 13.4. The number of Topliss-reactive ketones (excluding diaryl/α,β-unsaturated/α-hetero) is 2. The number of hydrogen-bond donors (Lipinski definition) is 1. The van der Waals surface area contributed by atoms with Crippen molar-refractivity contribution < 1.29 is 26.7 Å². The molecule has 0 radical (unpaired) electrons. The van der Waals surface area contributed by atoms with Crippen LogP contribution in [0.4, 0.5) is 0 Å². The summed E-state index contributed by atoms with van der Waals surface area (Å²) in [5.74, 6) is 1.02. The molecule has 0 spiro atoms. The van der Waals surface area contributed by atoms with Gasteiger partial charge in [0.05, 0.1) is 6.10 Å². The van der Waals surface area contributed by atoms with Gasteiger partial charge in [-0.05, 0) is 68.1 Å². The summed E-state index contributed by atoms with van der Waals surface area (Å²) in [6, 6.07) is 0. The third kappa shape index (κ3) is 3.01. The quantitative estimate of drug-likeness (QED) is 0.565. The molecule has 1 N–H and O–H groups in total. The molecule has 4 rings (SSSR count). The molecule has 0 amide bonds. The number of hydrogen-bond acceptors (Lipinski definition) is 5. The fraction of sp³-hybridized carbons (Fsp3) is 0.810. The van der Waals surface area contributed by atoms with E-state index in [1.54, 1.807) is 6.92 Å². The zero-order valence-electron chi connectivity index (χ0n) is 16.8. The summed E-state index contributed by atoms with van der Waals surface area (Å²) in [7, 11) is -4.48. The molecule has 7 atom stereocenters. The van der Waals surface area contributed by atoms with Gasteiger partial charge in [0.25, 0.3) is 0 Å². The van der Waals surface area contributed by atoms with Crippen LogP contribution < -0.4 is 0 Å². The van der Waals surface area contributed by atoms with Gasteiger partial charge in [-0.15, -0.1) is 0 Å². The second-order valence-corrected chi connectivity index (χ2v) is 11.0. The Labute approximate surface area is 167 Å². The van der Waals surface area contributed by atoms with E-state index in [1.165, 1.54) is 0 Å². The van der Waals surface area contributed by atoms with Crippen LogP contribution in [-0.2, 0) is 24.2 Å². The second-order valence-electron chi connectivity index (χ2n) is 9.91. The van der Waals surface area contributed by atoms with Gasteiger partial charge >= 0.3 is 10.4 Å². The van der Waals surface area contributed by atoms with Crippen molar-refractivity contribution >= 4 is 22.0 Å². The van der Waals surface area contributed by atoms with Crippen LogP contribution in [0, 0.1) is 34.5 Å². The van der Waals surface area contributed by atoms with Crippen molar-refractivity contribution in [1.82, 2.24) is 0 Å². The highest BCUT2D eigenvalue weighted by Gasteiger charge is 2.62. The SMILES string of the molecule is CC(=O)[C@H]1CC[C@H]2[C@@H]3CC=C4CC(OS(=O)(=O)O)CC[C@]4(C)[C@H]3C(=O)C[C@]12C. The topological polar surface area (TPSA) is 97.7 Å². The molecule has 0 aromatic heterocycles. The molecule has 4 aliphatic rings. The van der Waals surface area contributed by atoms with Gasteiger partial charge in [-0.25, -0.2) is 4.18 Å². The first-order valence-electron chi connectivity index (χ1n) is 10.3. The van der Waals surface area contributed by atoms with Gasteiger partial charge < -0.3 is 0 Å². The molecule has 3 saturated carbocycles. The molecule has 3 fully saturated rings. The molecule has 156 valence electrons. The summed E-state index contributed by atoms with van der Waals surface area (Å²) in [4.78, 5) is 25.6. The van der Waals surface area contributed by atoms with E-state index >= 15 is 0 Å². The van der Waals surface area contributed by atoms with E-state index in [0.717, 1.165) is 24.8 Å². The standard InChI is InChI=1S/C21H30O6S/c1-12(22)16-6-7-17-15-5-4-13-10-14(27-28(24,25)26)8-9-20(13,2)19(15)18(23)11-21(16,17)3/h4,14-17,19H,5-11H2,1-3H3,(H,24,25,26)/t14?,15-,16+,17-,19+,20-,21+/m0/s1. The molecule has 1 unspecified atom stereocenters. The van der Waals surface area contributed by atoms with Crippen LogP contribution in [-0.4, -0.2) is 30.6 Å². The average Bonchev–Trinajstić information content (AvgIpc) is 2.90. The van der Waals surface area contributed by atoms with Gasteiger partial charge in [0, 0.05) is 18.3 Å². The van der Waals surface area contributed by atoms with E-state index in [0.29, 0.717) is 31.6 Å². The molecule has 0 bridgehead atoms. The highest BCUT2D eigenvalue weighted by atomic mass is 32.3. The van der Waals surface area contributed by atoms with E-state index in [2.05, 4.69) is 19.9 Å². The number of carbonyl (C=O) groups is 2. The monoisotopic (exact) mass is 410 g/mol. The van der Waals surface area contributed by atoms with E-state index in [-0.39, 0.29) is 40.2 Å². The lowest BCUT2D eigenvalue weighted by Gasteiger charge is -2.56. The van der Waals surface area contributed by atoms with Crippen LogP contribution in [0.15, 0.2) is 11.6 Å². The molecule has 0 aliphatic heterocycles. The summed E-state index contributed by atoms with van der Waals surface area (Å²) in [5.41, 5.74) is 0.581. The Morgan fingerprint density at radius 2 is 1.96 bits per heavy atom. The van der Waals surface area contributed by atoms with Crippen molar-refractivity contribution in [2.45, 2.75) is 71.8 Å². The molecule has 0 aromatic rings. The molecule has 4 aliphatic carbocycles. The Kier molecular flexibility index (Phi) is 4.68. The van der Waals surface area contributed by atoms with Crippen LogP contribution in [0.25, 0.3) is 0 Å². The summed E-state index contributed by atoms with van der Waals surface area (Å²) in [5, 5.41) is 0. The molecular formula is C21H30O6S. The van der Waals surface area contributed by atoms with Gasteiger partial charge in [0.15, 0.2) is 0 Å². The van der Waals surface area contributed by atoms with E-state index in [4.69, 9.17) is 8.74 Å². The number of carbonyl (C=O) groups excluding carboxylic acids is 2. The van der Waals surface area contributed by atoms with Gasteiger partial charge in [0.1, 0.15) is 11.6 Å². The minimum atomic E-state index is -4.48. The smallest absolute Gasteiger partial charge is 0.300 e. The van der Waals surface area contributed by atoms with E-state index in [1.807, 2.05) is 0 Å². The Morgan fingerprint density at radius 3 is 2.61 bits per heavy atom. The lowest BCUT2D eigenvalue weighted by molar-refractivity contribution is -0.146.